The number of ether oxygens (including phenoxy) is 1. The molecule has 4 fully saturated rings. The average molecular weight is 420 g/mol. The summed E-state index contributed by atoms with van der Waals surface area (Å²) in [6.45, 7) is 18.4. The van der Waals surface area contributed by atoms with Gasteiger partial charge in [0, 0.05) is 12.3 Å². The van der Waals surface area contributed by atoms with E-state index in [1.165, 1.54) is 84.0 Å². The van der Waals surface area contributed by atoms with Crippen molar-refractivity contribution in [3.05, 3.63) is 24.3 Å². The van der Waals surface area contributed by atoms with E-state index in [2.05, 4.69) is 31.7 Å². The second-order valence-corrected chi connectivity index (χ2v) is 10.7. The molecule has 0 radical (unpaired) electrons. The predicted molar refractivity (Wildman–Crippen MR) is 123 cm³/mol. The molecule has 5 unspecified atom stereocenters. The van der Waals surface area contributed by atoms with Crippen molar-refractivity contribution in [2.45, 2.75) is 85.3 Å². The van der Waals surface area contributed by atoms with Gasteiger partial charge in [-0.15, -0.1) is 0 Å². The molecule has 2 bridgehead atoms. The van der Waals surface area contributed by atoms with Crippen molar-refractivity contribution in [3.8, 4) is 0 Å². The molecule has 0 aromatic carbocycles. The van der Waals surface area contributed by atoms with Crippen molar-refractivity contribution in [3.63, 3.8) is 0 Å². The minimum absolute atomic E-state index is 0.245. The molecule has 4 heteroatoms. The maximum atomic E-state index is 9.59. The summed E-state index contributed by atoms with van der Waals surface area (Å²) in [7, 11) is 1.35. The Kier molecular flexibility index (Phi) is 8.01. The molecule has 1 spiro atoms. The van der Waals surface area contributed by atoms with E-state index in [9.17, 15) is 4.79 Å². The van der Waals surface area contributed by atoms with E-state index in [1.807, 2.05) is 0 Å². The lowest BCUT2D eigenvalue weighted by Crippen LogP contribution is -2.50. The van der Waals surface area contributed by atoms with Crippen LogP contribution in [0.2, 0.25) is 0 Å². The van der Waals surface area contributed by atoms with Gasteiger partial charge in [0.25, 0.3) is 0 Å². The summed E-state index contributed by atoms with van der Waals surface area (Å²) in [6, 6.07) is 0. The molecule has 7 atom stereocenters. The van der Waals surface area contributed by atoms with Crippen molar-refractivity contribution >= 4 is 5.97 Å². The monoisotopic (exact) mass is 419 g/mol. The van der Waals surface area contributed by atoms with E-state index < -0.39 is 5.72 Å². The molecule has 0 saturated heterocycles. The molecular weight excluding hydrogens is 374 g/mol. The number of carbonyl (C=O) groups is 1. The molecule has 0 aromatic heterocycles. The highest BCUT2D eigenvalue weighted by atomic mass is 16.5. The van der Waals surface area contributed by atoms with Crippen LogP contribution in [-0.2, 0) is 9.53 Å². The zero-order valence-corrected chi connectivity index (χ0v) is 20.2. The number of carbonyl (C=O) groups excluding carboxylic acids is 1. The van der Waals surface area contributed by atoms with Crippen LogP contribution in [0, 0.1) is 40.9 Å². The van der Waals surface area contributed by atoms with Gasteiger partial charge < -0.3 is 15.6 Å². The topological polar surface area (TPSA) is 72.6 Å². The number of methoxy groups -OCH3 is 1. The Morgan fingerprint density at radius 3 is 2.23 bits per heavy atom. The fraction of sp³-hybridized carbons (Fsp3) is 0.808. The number of aliphatic hydroxyl groups is 1. The highest BCUT2D eigenvalue weighted by Gasteiger charge is 2.62. The lowest BCUT2D eigenvalue weighted by Gasteiger charge is -2.57. The molecule has 4 rings (SSSR count). The molecule has 4 aliphatic carbocycles. The standard InChI is InChI=1S/C20H30.C3H9NO.C3H6O2/c1-12-6-5-7-18-16(12)10-11-20-14(3)13(2)17(15(20)4)8-9-19(18)20;1-3(2,4)5;1-3(4)5-2/h12,15-19H,2-3,5-11H2,1,4H3;5H,4H2,1-2H3;1-2H3/t12?,15?,16?,17-,18?,19?,20+;;/m0../s1. The van der Waals surface area contributed by atoms with Crippen LogP contribution in [0.25, 0.3) is 0 Å². The Morgan fingerprint density at radius 2 is 1.70 bits per heavy atom. The maximum absolute atomic E-state index is 9.59. The van der Waals surface area contributed by atoms with Crippen molar-refractivity contribution in [2.24, 2.45) is 46.7 Å². The zero-order valence-electron chi connectivity index (χ0n) is 20.2. The SMILES string of the molecule is C=C1C(=C)[C@@]23CCC4C(C)CCCC4C2CC[C@@H]1C3C.CC(C)(N)O.COC(C)=O. The highest BCUT2D eigenvalue weighted by molar-refractivity contribution is 5.65. The quantitative estimate of drug-likeness (QED) is 0.404. The second kappa shape index (κ2) is 9.56. The summed E-state index contributed by atoms with van der Waals surface area (Å²) < 4.78 is 4.11. The summed E-state index contributed by atoms with van der Waals surface area (Å²) in [6.07, 6.45) is 10.2. The number of esters is 1. The van der Waals surface area contributed by atoms with Gasteiger partial charge in [-0.1, -0.05) is 39.8 Å². The molecule has 4 saturated carbocycles. The Morgan fingerprint density at radius 1 is 1.13 bits per heavy atom. The third-order valence-corrected chi connectivity index (χ3v) is 8.44. The third-order valence-electron chi connectivity index (χ3n) is 8.44. The summed E-state index contributed by atoms with van der Waals surface area (Å²) in [4.78, 5) is 9.59. The van der Waals surface area contributed by atoms with Crippen LogP contribution in [0.5, 0.6) is 0 Å². The molecule has 30 heavy (non-hydrogen) atoms. The summed E-state index contributed by atoms with van der Waals surface area (Å²) in [5, 5.41) is 8.30. The van der Waals surface area contributed by atoms with E-state index in [0.29, 0.717) is 5.41 Å². The Labute approximate surface area is 184 Å². The summed E-state index contributed by atoms with van der Waals surface area (Å²) in [5.41, 5.74) is 7.28. The van der Waals surface area contributed by atoms with Gasteiger partial charge in [-0.05, 0) is 92.6 Å². The number of allylic oxidation sites excluding steroid dienone is 2. The number of hydrogen-bond donors (Lipinski definition) is 2. The van der Waals surface area contributed by atoms with Gasteiger partial charge in [0.15, 0.2) is 0 Å². The first-order valence-corrected chi connectivity index (χ1v) is 11.8. The van der Waals surface area contributed by atoms with Gasteiger partial charge in [0.05, 0.1) is 7.11 Å². The molecule has 0 heterocycles. The first kappa shape index (κ1) is 25.1. The van der Waals surface area contributed by atoms with Gasteiger partial charge in [0.1, 0.15) is 5.72 Å². The molecule has 4 aliphatic rings. The third kappa shape index (κ3) is 5.02. The molecule has 0 aliphatic heterocycles. The van der Waals surface area contributed by atoms with Crippen LogP contribution >= 0.6 is 0 Å². The Bertz CT molecular complexity index is 643. The lowest BCUT2D eigenvalue weighted by atomic mass is 9.47. The van der Waals surface area contributed by atoms with Crippen molar-refractivity contribution in [1.29, 1.82) is 0 Å². The fourth-order valence-corrected chi connectivity index (χ4v) is 7.15. The maximum Gasteiger partial charge on any atom is 0.302 e. The van der Waals surface area contributed by atoms with Gasteiger partial charge in [-0.2, -0.15) is 0 Å². The van der Waals surface area contributed by atoms with Crippen LogP contribution in [0.15, 0.2) is 24.3 Å². The van der Waals surface area contributed by atoms with E-state index in [4.69, 9.17) is 10.8 Å². The molecule has 0 aromatic rings. The van der Waals surface area contributed by atoms with E-state index in [0.717, 1.165) is 35.5 Å². The number of hydrogen-bond acceptors (Lipinski definition) is 4. The number of fused-ring (bicyclic) bond motifs is 3. The first-order valence-electron chi connectivity index (χ1n) is 11.8. The van der Waals surface area contributed by atoms with Crippen LogP contribution in [-0.4, -0.2) is 23.9 Å². The van der Waals surface area contributed by atoms with Crippen LogP contribution in [0.4, 0.5) is 0 Å². The van der Waals surface area contributed by atoms with E-state index >= 15 is 0 Å². The summed E-state index contributed by atoms with van der Waals surface area (Å²) in [5.74, 6) is 5.25. The average Bonchev–Trinajstić information content (AvgIpc) is 2.76. The molecular formula is C26H45NO3. The van der Waals surface area contributed by atoms with Gasteiger partial charge >= 0.3 is 5.97 Å². The minimum Gasteiger partial charge on any atom is -0.469 e. The summed E-state index contributed by atoms with van der Waals surface area (Å²) >= 11 is 0. The van der Waals surface area contributed by atoms with Gasteiger partial charge in [-0.25, -0.2) is 0 Å². The van der Waals surface area contributed by atoms with Crippen LogP contribution in [0.1, 0.15) is 79.6 Å². The predicted octanol–water partition coefficient (Wildman–Crippen LogP) is 5.46. The molecule has 0 amide bonds. The van der Waals surface area contributed by atoms with E-state index in [1.54, 1.807) is 0 Å². The Hall–Kier alpha value is -1.13. The Balaban J connectivity index is 0.000000271. The normalized spacial score (nSPS) is 39.5. The number of nitrogens with two attached hydrogens (primary N) is 1. The smallest absolute Gasteiger partial charge is 0.302 e. The zero-order chi connectivity index (χ0) is 22.9. The minimum atomic E-state index is -1.00. The van der Waals surface area contributed by atoms with Crippen LogP contribution in [0.3, 0.4) is 0 Å². The molecule has 3 N–H and O–H groups in total. The fourth-order valence-electron chi connectivity index (χ4n) is 7.15. The van der Waals surface area contributed by atoms with Crippen molar-refractivity contribution in [2.75, 3.05) is 7.11 Å². The number of rotatable bonds is 0. The van der Waals surface area contributed by atoms with Gasteiger partial charge in [0.2, 0.25) is 0 Å². The van der Waals surface area contributed by atoms with Crippen LogP contribution < -0.4 is 5.73 Å². The molecule has 4 nitrogen and oxygen atoms in total. The lowest BCUT2D eigenvalue weighted by molar-refractivity contribution is -0.137. The largest absolute Gasteiger partial charge is 0.469 e. The van der Waals surface area contributed by atoms with E-state index in [-0.39, 0.29) is 5.97 Å². The highest BCUT2D eigenvalue weighted by Crippen LogP contribution is 2.70. The van der Waals surface area contributed by atoms with Gasteiger partial charge in [-0.3, -0.25) is 4.79 Å². The van der Waals surface area contributed by atoms with Crippen molar-refractivity contribution in [1.82, 2.24) is 0 Å². The van der Waals surface area contributed by atoms with Crippen molar-refractivity contribution < 1.29 is 14.6 Å². The second-order valence-electron chi connectivity index (χ2n) is 10.7. The molecule has 172 valence electrons. The first-order chi connectivity index (χ1) is 13.8.